The molecule has 110 valence electrons. The first-order valence-electron chi connectivity index (χ1n) is 6.71. The molecule has 2 heterocycles. The number of hydrogen-bond donors (Lipinski definition) is 1. The maximum atomic E-state index is 11.5. The highest BCUT2D eigenvalue weighted by molar-refractivity contribution is 7.18. The summed E-state index contributed by atoms with van der Waals surface area (Å²) in [7, 11) is 0. The quantitative estimate of drug-likeness (QED) is 0.525. The maximum Gasteiger partial charge on any atom is 0.304 e. The van der Waals surface area contributed by atoms with E-state index < -0.39 is 4.92 Å². The minimum atomic E-state index is -0.447. The largest absolute Gasteiger partial charge is 0.394 e. The number of nitrogens with zero attached hydrogens (tertiary/aromatic N) is 2. The molecule has 6 nitrogen and oxygen atoms in total. The van der Waals surface area contributed by atoms with Crippen molar-refractivity contribution in [3.63, 3.8) is 0 Å². The third-order valence-electron chi connectivity index (χ3n) is 3.59. The second-order valence-electron chi connectivity index (χ2n) is 4.99. The zero-order valence-corrected chi connectivity index (χ0v) is 12.2. The number of rotatable bonds is 4. The van der Waals surface area contributed by atoms with Crippen molar-refractivity contribution in [2.75, 3.05) is 18.1 Å². The Morgan fingerprint density at radius 3 is 2.90 bits per heavy atom. The van der Waals surface area contributed by atoms with Crippen LogP contribution >= 0.6 is 11.3 Å². The van der Waals surface area contributed by atoms with E-state index in [-0.39, 0.29) is 24.1 Å². The lowest BCUT2D eigenvalue weighted by molar-refractivity contribution is -0.383. The zero-order chi connectivity index (χ0) is 14.7. The Bertz CT molecular complexity index is 514. The van der Waals surface area contributed by atoms with Gasteiger partial charge in [0.25, 0.3) is 0 Å². The molecular formula is C13H18N2O4S. The Balaban J connectivity index is 2.42. The molecule has 1 aromatic heterocycles. The highest BCUT2D eigenvalue weighted by Gasteiger charge is 2.30. The number of Topliss-reactive ketones (excluding diaryl/α,β-unsaturated/α-hetero) is 1. The monoisotopic (exact) mass is 298 g/mol. The fourth-order valence-corrected chi connectivity index (χ4v) is 3.63. The first-order chi connectivity index (χ1) is 9.54. The summed E-state index contributed by atoms with van der Waals surface area (Å²) >= 11 is 1.15. The van der Waals surface area contributed by atoms with E-state index in [2.05, 4.69) is 0 Å². The van der Waals surface area contributed by atoms with Gasteiger partial charge in [-0.2, -0.15) is 0 Å². The molecule has 1 fully saturated rings. The van der Waals surface area contributed by atoms with Gasteiger partial charge in [0.1, 0.15) is 0 Å². The lowest BCUT2D eigenvalue weighted by Crippen LogP contribution is -2.37. The molecule has 0 aliphatic carbocycles. The second-order valence-corrected chi connectivity index (χ2v) is 6.02. The number of carbonyl (C=O) groups is 1. The van der Waals surface area contributed by atoms with Crippen molar-refractivity contribution < 1.29 is 14.8 Å². The van der Waals surface area contributed by atoms with E-state index in [4.69, 9.17) is 0 Å². The van der Waals surface area contributed by atoms with Crippen molar-refractivity contribution in [3.05, 3.63) is 21.1 Å². The van der Waals surface area contributed by atoms with Gasteiger partial charge in [0.2, 0.25) is 0 Å². The average molecular weight is 298 g/mol. The van der Waals surface area contributed by atoms with Crippen molar-refractivity contribution in [2.45, 2.75) is 38.6 Å². The van der Waals surface area contributed by atoms with Crippen LogP contribution in [0.3, 0.4) is 0 Å². The Labute approximate surface area is 121 Å². The molecule has 2 rings (SSSR count). The third-order valence-corrected chi connectivity index (χ3v) is 4.85. The van der Waals surface area contributed by atoms with Gasteiger partial charge >= 0.3 is 5.69 Å². The first kappa shape index (κ1) is 14.9. The normalized spacial score (nSPS) is 19.7. The zero-order valence-electron chi connectivity index (χ0n) is 11.4. The standard InChI is InChI=1S/C13H18N2O4S/c1-9(17)12-7-11(15(18)19)13(20-12)14-6-4-2-3-5-10(14)8-16/h7,10,16H,2-6,8H2,1H3. The summed E-state index contributed by atoms with van der Waals surface area (Å²) in [5.41, 5.74) is -0.0273. The maximum absolute atomic E-state index is 11.5. The first-order valence-corrected chi connectivity index (χ1v) is 7.53. The van der Waals surface area contributed by atoms with Gasteiger partial charge in [-0.1, -0.05) is 12.8 Å². The van der Waals surface area contributed by atoms with Crippen LogP contribution in [0.15, 0.2) is 6.07 Å². The highest BCUT2D eigenvalue weighted by atomic mass is 32.1. The van der Waals surface area contributed by atoms with Crippen molar-refractivity contribution in [1.82, 2.24) is 0 Å². The van der Waals surface area contributed by atoms with Gasteiger partial charge in [-0.15, -0.1) is 11.3 Å². The molecule has 1 unspecified atom stereocenters. The minimum absolute atomic E-state index is 0.0234. The summed E-state index contributed by atoms with van der Waals surface area (Å²) in [6.45, 7) is 2.07. The van der Waals surface area contributed by atoms with E-state index in [0.717, 1.165) is 37.0 Å². The molecule has 1 aliphatic heterocycles. The van der Waals surface area contributed by atoms with Crippen LogP contribution in [0.2, 0.25) is 0 Å². The van der Waals surface area contributed by atoms with E-state index >= 15 is 0 Å². The van der Waals surface area contributed by atoms with Crippen molar-refractivity contribution in [3.8, 4) is 0 Å². The number of hydrogen-bond acceptors (Lipinski definition) is 6. The molecule has 1 aliphatic rings. The molecule has 7 heteroatoms. The van der Waals surface area contributed by atoms with Crippen molar-refractivity contribution in [2.24, 2.45) is 0 Å². The number of ketones is 1. The topological polar surface area (TPSA) is 83.7 Å². The molecule has 1 saturated heterocycles. The SMILES string of the molecule is CC(=O)c1cc([N+](=O)[O-])c(N2CCCCCC2CO)s1. The molecule has 1 aromatic rings. The number of nitro groups is 1. The molecule has 0 spiro atoms. The van der Waals surface area contributed by atoms with E-state index in [9.17, 15) is 20.0 Å². The fraction of sp³-hybridized carbons (Fsp3) is 0.615. The molecule has 0 radical (unpaired) electrons. The number of carbonyl (C=O) groups excluding carboxylic acids is 1. The van der Waals surface area contributed by atoms with Gasteiger partial charge in [-0.25, -0.2) is 0 Å². The second kappa shape index (κ2) is 6.32. The molecule has 1 atom stereocenters. The Kier molecular flexibility index (Phi) is 4.72. The van der Waals surface area contributed by atoms with Crippen LogP contribution in [0.4, 0.5) is 10.7 Å². The van der Waals surface area contributed by atoms with Crippen molar-refractivity contribution in [1.29, 1.82) is 0 Å². The van der Waals surface area contributed by atoms with E-state index in [1.165, 1.54) is 13.0 Å². The van der Waals surface area contributed by atoms with Crippen LogP contribution in [-0.2, 0) is 0 Å². The molecule has 0 amide bonds. The van der Waals surface area contributed by atoms with Crippen LogP contribution in [0.5, 0.6) is 0 Å². The van der Waals surface area contributed by atoms with E-state index in [0.29, 0.717) is 16.4 Å². The smallest absolute Gasteiger partial charge is 0.304 e. The Morgan fingerprint density at radius 1 is 1.55 bits per heavy atom. The molecule has 20 heavy (non-hydrogen) atoms. The van der Waals surface area contributed by atoms with Gasteiger partial charge in [-0.05, 0) is 19.8 Å². The van der Waals surface area contributed by atoms with Gasteiger partial charge in [0, 0.05) is 12.6 Å². The Hall–Kier alpha value is -1.47. The lowest BCUT2D eigenvalue weighted by atomic mass is 10.1. The molecule has 0 saturated carbocycles. The average Bonchev–Trinajstić information content (AvgIpc) is 2.72. The molecule has 0 bridgehead atoms. The van der Waals surface area contributed by atoms with E-state index in [1.54, 1.807) is 0 Å². The van der Waals surface area contributed by atoms with Crippen LogP contribution < -0.4 is 4.90 Å². The summed E-state index contributed by atoms with van der Waals surface area (Å²) in [5, 5.41) is 21.2. The summed E-state index contributed by atoms with van der Waals surface area (Å²) in [5.74, 6) is -0.167. The summed E-state index contributed by atoms with van der Waals surface area (Å²) in [6.07, 6.45) is 3.84. The van der Waals surface area contributed by atoms with Crippen LogP contribution in [-0.4, -0.2) is 35.0 Å². The Morgan fingerprint density at radius 2 is 2.30 bits per heavy atom. The van der Waals surface area contributed by atoms with Crippen LogP contribution in [0.1, 0.15) is 42.3 Å². The minimum Gasteiger partial charge on any atom is -0.394 e. The van der Waals surface area contributed by atoms with Crippen LogP contribution in [0, 0.1) is 10.1 Å². The van der Waals surface area contributed by atoms with Gasteiger partial charge in [0.15, 0.2) is 10.8 Å². The number of anilines is 1. The van der Waals surface area contributed by atoms with Gasteiger partial charge in [-0.3, -0.25) is 14.9 Å². The number of aliphatic hydroxyl groups is 1. The summed E-state index contributed by atoms with van der Waals surface area (Å²) < 4.78 is 0. The van der Waals surface area contributed by atoms with Crippen molar-refractivity contribution >= 4 is 27.8 Å². The predicted molar refractivity (Wildman–Crippen MR) is 77.7 cm³/mol. The third kappa shape index (κ3) is 2.99. The summed E-state index contributed by atoms with van der Waals surface area (Å²) in [6, 6.07) is 1.25. The number of aliphatic hydroxyl groups excluding tert-OH is 1. The lowest BCUT2D eigenvalue weighted by Gasteiger charge is -2.28. The van der Waals surface area contributed by atoms with Gasteiger partial charge < -0.3 is 10.0 Å². The molecular weight excluding hydrogens is 280 g/mol. The van der Waals surface area contributed by atoms with E-state index in [1.807, 2.05) is 4.90 Å². The highest BCUT2D eigenvalue weighted by Crippen LogP contribution is 2.40. The number of thiophene rings is 1. The van der Waals surface area contributed by atoms with Crippen LogP contribution in [0.25, 0.3) is 0 Å². The molecule has 0 aromatic carbocycles. The van der Waals surface area contributed by atoms with Gasteiger partial charge in [0.05, 0.1) is 22.4 Å². The fourth-order valence-electron chi connectivity index (χ4n) is 2.52. The summed E-state index contributed by atoms with van der Waals surface area (Å²) in [4.78, 5) is 24.5. The molecule has 1 N–H and O–H groups in total. The predicted octanol–water partition coefficient (Wildman–Crippen LogP) is 2.60.